The first-order valence-electron chi connectivity index (χ1n) is 5.03. The molecule has 0 amide bonds. The highest BCUT2D eigenvalue weighted by Crippen LogP contribution is 2.19. The lowest BCUT2D eigenvalue weighted by molar-refractivity contribution is 0.431. The highest BCUT2D eigenvalue weighted by Gasteiger charge is 2.23. The zero-order valence-corrected chi connectivity index (χ0v) is 9.95. The van der Waals surface area contributed by atoms with Crippen molar-refractivity contribution in [1.29, 1.82) is 0 Å². The largest absolute Gasteiger partial charge is 0.243 e. The maximum atomic E-state index is 13.2. The minimum absolute atomic E-state index is 0.122. The van der Waals surface area contributed by atoms with E-state index in [2.05, 4.69) is 4.72 Å². The van der Waals surface area contributed by atoms with Gasteiger partial charge in [0.25, 0.3) is 0 Å². The molecule has 1 N–H and O–H groups in total. The summed E-state index contributed by atoms with van der Waals surface area (Å²) in [6.07, 6.45) is 1.33. The number of unbranched alkanes of at least 4 members (excludes halogenated alkanes) is 1. The Balaban J connectivity index is 3.04. The molecule has 0 aliphatic rings. The van der Waals surface area contributed by atoms with E-state index in [0.29, 0.717) is 18.6 Å². The van der Waals surface area contributed by atoms with Crippen molar-refractivity contribution in [2.24, 2.45) is 0 Å². The SMILES string of the molecule is CCCCNS(=O)(=O)c1ccc(F)c(F)c1F. The molecule has 0 spiro atoms. The van der Waals surface area contributed by atoms with Crippen LogP contribution >= 0.6 is 0 Å². The topological polar surface area (TPSA) is 46.2 Å². The zero-order chi connectivity index (χ0) is 13.1. The summed E-state index contributed by atoms with van der Waals surface area (Å²) in [5, 5.41) is 0. The van der Waals surface area contributed by atoms with Crippen molar-refractivity contribution in [2.75, 3.05) is 6.54 Å². The standard InChI is InChI=1S/C10H12F3NO2S/c1-2-3-6-14-17(15,16)8-5-4-7(11)9(12)10(8)13/h4-5,14H,2-3,6H2,1H3. The van der Waals surface area contributed by atoms with E-state index in [-0.39, 0.29) is 6.54 Å². The van der Waals surface area contributed by atoms with Crippen molar-refractivity contribution < 1.29 is 21.6 Å². The van der Waals surface area contributed by atoms with Crippen molar-refractivity contribution in [2.45, 2.75) is 24.7 Å². The van der Waals surface area contributed by atoms with Crippen LogP contribution in [-0.4, -0.2) is 15.0 Å². The van der Waals surface area contributed by atoms with Gasteiger partial charge in [0, 0.05) is 6.54 Å². The fourth-order valence-corrected chi connectivity index (χ4v) is 2.32. The van der Waals surface area contributed by atoms with Gasteiger partial charge in [-0.1, -0.05) is 13.3 Å². The van der Waals surface area contributed by atoms with Crippen LogP contribution in [0.25, 0.3) is 0 Å². The van der Waals surface area contributed by atoms with E-state index in [0.717, 1.165) is 6.42 Å². The lowest BCUT2D eigenvalue weighted by Crippen LogP contribution is -2.26. The molecular formula is C10H12F3NO2S. The second kappa shape index (κ2) is 5.50. The predicted octanol–water partition coefficient (Wildman–Crippen LogP) is 2.18. The summed E-state index contributed by atoms with van der Waals surface area (Å²) in [4.78, 5) is -0.882. The van der Waals surface area contributed by atoms with E-state index in [1.807, 2.05) is 6.92 Å². The van der Waals surface area contributed by atoms with Gasteiger partial charge < -0.3 is 0 Å². The normalized spacial score (nSPS) is 11.8. The summed E-state index contributed by atoms with van der Waals surface area (Å²) in [6.45, 7) is 1.98. The van der Waals surface area contributed by atoms with Crippen LogP contribution in [0.15, 0.2) is 17.0 Å². The van der Waals surface area contributed by atoms with E-state index in [1.165, 1.54) is 0 Å². The molecule has 7 heteroatoms. The second-order valence-corrected chi connectivity index (χ2v) is 5.16. The van der Waals surface area contributed by atoms with E-state index < -0.39 is 32.4 Å². The van der Waals surface area contributed by atoms with E-state index in [1.54, 1.807) is 0 Å². The molecule has 1 rings (SSSR count). The molecule has 0 aliphatic heterocycles. The molecule has 0 aromatic heterocycles. The first-order valence-corrected chi connectivity index (χ1v) is 6.51. The van der Waals surface area contributed by atoms with Crippen molar-refractivity contribution >= 4 is 10.0 Å². The number of halogens is 3. The van der Waals surface area contributed by atoms with Crippen molar-refractivity contribution in [1.82, 2.24) is 4.72 Å². The number of hydrogen-bond acceptors (Lipinski definition) is 2. The fraction of sp³-hybridized carbons (Fsp3) is 0.400. The van der Waals surface area contributed by atoms with Gasteiger partial charge in [0.2, 0.25) is 10.0 Å². The Morgan fingerprint density at radius 3 is 2.41 bits per heavy atom. The molecule has 0 aliphatic carbocycles. The first-order chi connectivity index (χ1) is 7.90. The van der Waals surface area contributed by atoms with Crippen molar-refractivity contribution in [3.8, 4) is 0 Å². The van der Waals surface area contributed by atoms with Gasteiger partial charge in [-0.15, -0.1) is 0 Å². The van der Waals surface area contributed by atoms with Gasteiger partial charge in [0.1, 0.15) is 4.90 Å². The van der Waals surface area contributed by atoms with Crippen molar-refractivity contribution in [3.63, 3.8) is 0 Å². The third-order valence-corrected chi connectivity index (χ3v) is 3.59. The number of sulfonamides is 1. The van der Waals surface area contributed by atoms with Gasteiger partial charge in [-0.25, -0.2) is 26.3 Å². The molecule has 17 heavy (non-hydrogen) atoms. The van der Waals surface area contributed by atoms with Crippen LogP contribution in [0.5, 0.6) is 0 Å². The van der Waals surface area contributed by atoms with E-state index >= 15 is 0 Å². The number of benzene rings is 1. The van der Waals surface area contributed by atoms with Crippen LogP contribution in [0.2, 0.25) is 0 Å². The Kier molecular flexibility index (Phi) is 4.53. The van der Waals surface area contributed by atoms with Gasteiger partial charge in [-0.05, 0) is 18.6 Å². The molecule has 0 bridgehead atoms. The Bertz CT molecular complexity index is 503. The van der Waals surface area contributed by atoms with E-state index in [9.17, 15) is 21.6 Å². The zero-order valence-electron chi connectivity index (χ0n) is 9.13. The summed E-state index contributed by atoms with van der Waals surface area (Å²) < 4.78 is 63.9. The summed E-state index contributed by atoms with van der Waals surface area (Å²) in [6, 6.07) is 1.27. The molecule has 0 atom stereocenters. The Hall–Kier alpha value is -1.08. The lowest BCUT2D eigenvalue weighted by Gasteiger charge is -2.07. The number of nitrogens with one attached hydrogen (secondary N) is 1. The molecule has 0 unspecified atom stereocenters. The van der Waals surface area contributed by atoms with Crippen LogP contribution in [0, 0.1) is 17.5 Å². The van der Waals surface area contributed by atoms with Gasteiger partial charge >= 0.3 is 0 Å². The van der Waals surface area contributed by atoms with Crippen LogP contribution in [-0.2, 0) is 10.0 Å². The molecule has 1 aromatic rings. The molecular weight excluding hydrogens is 255 g/mol. The quantitative estimate of drug-likeness (QED) is 0.656. The van der Waals surface area contributed by atoms with Crippen LogP contribution in [0.1, 0.15) is 19.8 Å². The summed E-state index contributed by atoms with van der Waals surface area (Å²) in [5.74, 6) is -4.91. The molecule has 0 saturated carbocycles. The molecule has 0 saturated heterocycles. The highest BCUT2D eigenvalue weighted by molar-refractivity contribution is 7.89. The molecule has 0 heterocycles. The Morgan fingerprint density at radius 2 is 1.82 bits per heavy atom. The number of rotatable bonds is 5. The first kappa shape index (κ1) is 14.0. The number of hydrogen-bond donors (Lipinski definition) is 1. The summed E-state index contributed by atoms with van der Waals surface area (Å²) in [5.41, 5.74) is 0. The lowest BCUT2D eigenvalue weighted by atomic mass is 10.3. The van der Waals surface area contributed by atoms with Crippen LogP contribution in [0.3, 0.4) is 0 Å². The maximum absolute atomic E-state index is 13.2. The van der Waals surface area contributed by atoms with Crippen molar-refractivity contribution in [3.05, 3.63) is 29.6 Å². The van der Waals surface area contributed by atoms with Gasteiger partial charge in [-0.2, -0.15) is 0 Å². The third-order valence-electron chi connectivity index (χ3n) is 2.11. The molecule has 1 aromatic carbocycles. The van der Waals surface area contributed by atoms with Crippen LogP contribution < -0.4 is 4.72 Å². The third kappa shape index (κ3) is 3.19. The monoisotopic (exact) mass is 267 g/mol. The Morgan fingerprint density at radius 1 is 1.18 bits per heavy atom. The molecule has 0 fully saturated rings. The average molecular weight is 267 g/mol. The summed E-state index contributed by atoms with van der Waals surface area (Å²) >= 11 is 0. The Labute approximate surface area is 97.7 Å². The maximum Gasteiger partial charge on any atom is 0.243 e. The summed E-state index contributed by atoms with van der Waals surface area (Å²) in [7, 11) is -4.13. The highest BCUT2D eigenvalue weighted by atomic mass is 32.2. The molecule has 3 nitrogen and oxygen atoms in total. The predicted molar refractivity (Wildman–Crippen MR) is 56.4 cm³/mol. The minimum Gasteiger partial charge on any atom is -0.211 e. The minimum atomic E-state index is -4.13. The molecule has 96 valence electrons. The van der Waals surface area contributed by atoms with Gasteiger partial charge in [-0.3, -0.25) is 0 Å². The second-order valence-electron chi connectivity index (χ2n) is 3.42. The van der Waals surface area contributed by atoms with Gasteiger partial charge in [0.05, 0.1) is 0 Å². The van der Waals surface area contributed by atoms with E-state index in [4.69, 9.17) is 0 Å². The smallest absolute Gasteiger partial charge is 0.211 e. The average Bonchev–Trinajstić information content (AvgIpc) is 2.26. The van der Waals surface area contributed by atoms with Crippen LogP contribution in [0.4, 0.5) is 13.2 Å². The van der Waals surface area contributed by atoms with Gasteiger partial charge in [0.15, 0.2) is 17.5 Å². The fourth-order valence-electron chi connectivity index (χ4n) is 1.18. The molecule has 0 radical (unpaired) electrons.